The van der Waals surface area contributed by atoms with E-state index < -0.39 is 6.10 Å². The van der Waals surface area contributed by atoms with E-state index in [9.17, 15) is 5.11 Å². The molecule has 0 aliphatic heterocycles. The lowest BCUT2D eigenvalue weighted by atomic mass is 9.95. The van der Waals surface area contributed by atoms with Gasteiger partial charge in [0.15, 0.2) is 0 Å². The average Bonchev–Trinajstić information content (AvgIpc) is 2.54. The second kappa shape index (κ2) is 6.03. The van der Waals surface area contributed by atoms with Gasteiger partial charge in [-0.15, -0.1) is 0 Å². The van der Waals surface area contributed by atoms with E-state index in [0.29, 0.717) is 0 Å². The number of aliphatic hydroxyl groups is 1. The summed E-state index contributed by atoms with van der Waals surface area (Å²) in [5.41, 5.74) is 1.79. The van der Waals surface area contributed by atoms with E-state index in [1.54, 1.807) is 7.11 Å². The number of rotatable bonds is 3. The van der Waals surface area contributed by atoms with E-state index in [-0.39, 0.29) is 0 Å². The van der Waals surface area contributed by atoms with Crippen LogP contribution in [-0.2, 0) is 0 Å². The first-order valence-electron chi connectivity index (χ1n) is 6.70. The molecule has 106 valence electrons. The Morgan fingerprint density at radius 1 is 0.905 bits per heavy atom. The van der Waals surface area contributed by atoms with Gasteiger partial charge in [0, 0.05) is 8.96 Å². The Labute approximate surface area is 137 Å². The normalized spacial score (nSPS) is 12.3. The van der Waals surface area contributed by atoms with Crippen LogP contribution in [0.4, 0.5) is 0 Å². The SMILES string of the molecule is COc1ccc(C(O)c2ccc(I)cc2)c2ccccc12. The molecule has 0 bridgehead atoms. The van der Waals surface area contributed by atoms with Crippen molar-refractivity contribution in [1.29, 1.82) is 0 Å². The molecule has 1 atom stereocenters. The maximum absolute atomic E-state index is 10.7. The predicted octanol–water partition coefficient (Wildman–Crippen LogP) is 4.53. The van der Waals surface area contributed by atoms with E-state index in [1.165, 1.54) is 0 Å². The van der Waals surface area contributed by atoms with Crippen molar-refractivity contribution in [3.05, 3.63) is 75.4 Å². The van der Waals surface area contributed by atoms with Crippen LogP contribution < -0.4 is 4.74 Å². The topological polar surface area (TPSA) is 29.5 Å². The van der Waals surface area contributed by atoms with Crippen LogP contribution in [0.1, 0.15) is 17.2 Å². The molecule has 0 amide bonds. The molecule has 1 unspecified atom stereocenters. The second-order valence-electron chi connectivity index (χ2n) is 4.86. The van der Waals surface area contributed by atoms with Crippen LogP contribution in [0, 0.1) is 3.57 Å². The molecule has 0 fully saturated rings. The van der Waals surface area contributed by atoms with Gasteiger partial charge in [-0.1, -0.05) is 42.5 Å². The first-order chi connectivity index (χ1) is 10.2. The van der Waals surface area contributed by atoms with Crippen molar-refractivity contribution in [2.45, 2.75) is 6.10 Å². The highest BCUT2D eigenvalue weighted by atomic mass is 127. The minimum atomic E-state index is -0.641. The van der Waals surface area contributed by atoms with Gasteiger partial charge in [0.25, 0.3) is 0 Å². The molecule has 0 aromatic heterocycles. The summed E-state index contributed by atoms with van der Waals surface area (Å²) in [6, 6.07) is 19.8. The minimum Gasteiger partial charge on any atom is -0.496 e. The fraction of sp³-hybridized carbons (Fsp3) is 0.111. The third kappa shape index (κ3) is 2.76. The van der Waals surface area contributed by atoms with Crippen molar-refractivity contribution in [3.8, 4) is 5.75 Å². The van der Waals surface area contributed by atoms with E-state index in [2.05, 4.69) is 22.6 Å². The van der Waals surface area contributed by atoms with E-state index >= 15 is 0 Å². The summed E-state index contributed by atoms with van der Waals surface area (Å²) in [4.78, 5) is 0. The maximum Gasteiger partial charge on any atom is 0.126 e. The van der Waals surface area contributed by atoms with Crippen LogP contribution in [-0.4, -0.2) is 12.2 Å². The number of fused-ring (bicyclic) bond motifs is 1. The van der Waals surface area contributed by atoms with Gasteiger partial charge in [-0.2, -0.15) is 0 Å². The molecule has 3 aromatic carbocycles. The summed E-state index contributed by atoms with van der Waals surface area (Å²) < 4.78 is 6.56. The van der Waals surface area contributed by atoms with Gasteiger partial charge in [0.05, 0.1) is 7.11 Å². The number of benzene rings is 3. The molecule has 1 N–H and O–H groups in total. The summed E-state index contributed by atoms with van der Waals surface area (Å²) in [7, 11) is 1.66. The monoisotopic (exact) mass is 390 g/mol. The lowest BCUT2D eigenvalue weighted by molar-refractivity contribution is 0.222. The lowest BCUT2D eigenvalue weighted by Gasteiger charge is -2.16. The molecule has 0 spiro atoms. The van der Waals surface area contributed by atoms with E-state index in [1.807, 2.05) is 60.7 Å². The molecular formula is C18H15IO2. The molecule has 0 saturated carbocycles. The van der Waals surface area contributed by atoms with E-state index in [4.69, 9.17) is 4.74 Å². The van der Waals surface area contributed by atoms with Crippen LogP contribution in [0.25, 0.3) is 10.8 Å². The van der Waals surface area contributed by atoms with Crippen molar-refractivity contribution in [3.63, 3.8) is 0 Å². The Kier molecular flexibility index (Phi) is 4.12. The quantitative estimate of drug-likeness (QED) is 0.666. The number of hydrogen-bond donors (Lipinski definition) is 1. The van der Waals surface area contributed by atoms with Gasteiger partial charge in [0.2, 0.25) is 0 Å². The Morgan fingerprint density at radius 3 is 2.24 bits per heavy atom. The highest BCUT2D eigenvalue weighted by Crippen LogP contribution is 2.34. The van der Waals surface area contributed by atoms with Crippen molar-refractivity contribution in [1.82, 2.24) is 0 Å². The smallest absolute Gasteiger partial charge is 0.126 e. The van der Waals surface area contributed by atoms with Gasteiger partial charge in [-0.25, -0.2) is 0 Å². The molecule has 3 aromatic rings. The third-order valence-corrected chi connectivity index (χ3v) is 4.34. The lowest BCUT2D eigenvalue weighted by Crippen LogP contribution is -2.01. The summed E-state index contributed by atoms with van der Waals surface area (Å²) in [5.74, 6) is 0.823. The molecule has 0 aliphatic rings. The summed E-state index contributed by atoms with van der Waals surface area (Å²) >= 11 is 2.26. The average molecular weight is 390 g/mol. The number of aliphatic hydroxyl groups excluding tert-OH is 1. The van der Waals surface area contributed by atoms with E-state index in [0.717, 1.165) is 31.2 Å². The molecule has 3 rings (SSSR count). The molecule has 0 heterocycles. The molecular weight excluding hydrogens is 375 g/mol. The van der Waals surface area contributed by atoms with Crippen LogP contribution in [0.5, 0.6) is 5.75 Å². The zero-order valence-electron chi connectivity index (χ0n) is 11.6. The zero-order chi connectivity index (χ0) is 14.8. The van der Waals surface area contributed by atoms with Crippen molar-refractivity contribution in [2.75, 3.05) is 7.11 Å². The zero-order valence-corrected chi connectivity index (χ0v) is 13.7. The fourth-order valence-electron chi connectivity index (χ4n) is 2.54. The number of ether oxygens (including phenoxy) is 1. The molecule has 0 saturated heterocycles. The van der Waals surface area contributed by atoms with Crippen molar-refractivity contribution >= 4 is 33.4 Å². The highest BCUT2D eigenvalue weighted by Gasteiger charge is 2.15. The third-order valence-electron chi connectivity index (χ3n) is 3.62. The predicted molar refractivity (Wildman–Crippen MR) is 93.7 cm³/mol. The summed E-state index contributed by atoms with van der Waals surface area (Å²) in [5, 5.41) is 12.7. The van der Waals surface area contributed by atoms with Gasteiger partial charge >= 0.3 is 0 Å². The Morgan fingerprint density at radius 2 is 1.57 bits per heavy atom. The molecule has 2 nitrogen and oxygen atoms in total. The summed E-state index contributed by atoms with van der Waals surface area (Å²) in [6.07, 6.45) is -0.641. The largest absolute Gasteiger partial charge is 0.496 e. The van der Waals surface area contributed by atoms with Crippen LogP contribution in [0.2, 0.25) is 0 Å². The Hall–Kier alpha value is -1.59. The first-order valence-corrected chi connectivity index (χ1v) is 7.78. The van der Waals surface area contributed by atoms with Gasteiger partial charge in [-0.05, 0) is 57.3 Å². The molecule has 21 heavy (non-hydrogen) atoms. The standard InChI is InChI=1S/C18H15IO2/c1-21-17-11-10-16(14-4-2-3-5-15(14)17)18(20)12-6-8-13(19)9-7-12/h2-11,18,20H,1H3. The second-order valence-corrected chi connectivity index (χ2v) is 6.10. The van der Waals surface area contributed by atoms with Crippen LogP contribution in [0.3, 0.4) is 0 Å². The fourth-order valence-corrected chi connectivity index (χ4v) is 2.90. The van der Waals surface area contributed by atoms with Gasteiger partial charge < -0.3 is 9.84 Å². The number of halogens is 1. The minimum absolute atomic E-state index is 0.641. The Balaban J connectivity index is 2.14. The van der Waals surface area contributed by atoms with Crippen molar-refractivity contribution < 1.29 is 9.84 Å². The Bertz CT molecular complexity index is 766. The van der Waals surface area contributed by atoms with Gasteiger partial charge in [-0.3, -0.25) is 0 Å². The van der Waals surface area contributed by atoms with Crippen LogP contribution in [0.15, 0.2) is 60.7 Å². The summed E-state index contributed by atoms with van der Waals surface area (Å²) in [6.45, 7) is 0. The van der Waals surface area contributed by atoms with Crippen molar-refractivity contribution in [2.24, 2.45) is 0 Å². The highest BCUT2D eigenvalue weighted by molar-refractivity contribution is 14.1. The molecule has 0 radical (unpaired) electrons. The number of methoxy groups -OCH3 is 1. The number of hydrogen-bond acceptors (Lipinski definition) is 2. The maximum atomic E-state index is 10.7. The molecule has 3 heteroatoms. The molecule has 0 aliphatic carbocycles. The first kappa shape index (κ1) is 14.4. The van der Waals surface area contributed by atoms with Crippen LogP contribution >= 0.6 is 22.6 Å². The van der Waals surface area contributed by atoms with Gasteiger partial charge in [0.1, 0.15) is 11.9 Å².